The van der Waals surface area contributed by atoms with E-state index < -0.39 is 27.2 Å². The summed E-state index contributed by atoms with van der Waals surface area (Å²) >= 11 is 1.19. The van der Waals surface area contributed by atoms with E-state index in [0.717, 1.165) is 5.52 Å². The third-order valence-electron chi connectivity index (χ3n) is 3.67. The van der Waals surface area contributed by atoms with E-state index in [-0.39, 0.29) is 10.8 Å². The Hall–Kier alpha value is -2.11. The molecule has 9 nitrogen and oxygen atoms in total. The van der Waals surface area contributed by atoms with Gasteiger partial charge in [0.1, 0.15) is 0 Å². The lowest BCUT2D eigenvalue weighted by Crippen LogP contribution is -2.42. The van der Waals surface area contributed by atoms with Crippen LogP contribution < -0.4 is 16.2 Å². The van der Waals surface area contributed by atoms with E-state index in [1.54, 1.807) is 6.07 Å². The average molecular weight is 399 g/mol. The fourth-order valence-electron chi connectivity index (χ4n) is 2.46. The summed E-state index contributed by atoms with van der Waals surface area (Å²) in [7, 11) is -3.84. The number of aromatic nitrogens is 2. The summed E-state index contributed by atoms with van der Waals surface area (Å²) in [6.07, 6.45) is 0. The lowest BCUT2D eigenvalue weighted by Gasteiger charge is -2.18. The Morgan fingerprint density at radius 2 is 2.00 bits per heavy atom. The highest BCUT2D eigenvalue weighted by atomic mass is 32.2. The van der Waals surface area contributed by atoms with Crippen molar-refractivity contribution in [1.82, 2.24) is 14.9 Å². The van der Waals surface area contributed by atoms with E-state index in [1.807, 2.05) is 25.3 Å². The van der Waals surface area contributed by atoms with Gasteiger partial charge in [0.05, 0.1) is 21.2 Å². The molecule has 1 heterocycles. The number of sulfonamides is 1. The molecule has 5 N–H and O–H groups in total. The number of urea groups is 1. The molecule has 11 heteroatoms. The summed E-state index contributed by atoms with van der Waals surface area (Å²) in [4.78, 5) is 27.6. The smallest absolute Gasteiger partial charge is 0.318 e. The molecule has 2 rings (SSSR count). The predicted molar refractivity (Wildman–Crippen MR) is 99.0 cm³/mol. The van der Waals surface area contributed by atoms with Crippen molar-refractivity contribution in [2.24, 2.45) is 16.8 Å². The molecular formula is C15H21N5O4S2. The molecule has 1 atom stereocenters. The molecule has 142 valence electrons. The first-order valence-electron chi connectivity index (χ1n) is 7.84. The number of benzene rings is 1. The van der Waals surface area contributed by atoms with Gasteiger partial charge in [-0.3, -0.25) is 10.1 Å². The molecule has 0 saturated heterocycles. The van der Waals surface area contributed by atoms with Crippen LogP contribution in [0.1, 0.15) is 20.8 Å². The van der Waals surface area contributed by atoms with Gasteiger partial charge in [0.25, 0.3) is 0 Å². The first-order valence-corrected chi connectivity index (χ1v) is 10.3. The van der Waals surface area contributed by atoms with Gasteiger partial charge in [-0.05, 0) is 31.0 Å². The molecule has 0 aliphatic heterocycles. The first kappa shape index (κ1) is 20.2. The van der Waals surface area contributed by atoms with Gasteiger partial charge in [0.15, 0.2) is 5.16 Å². The molecular weight excluding hydrogens is 378 g/mol. The summed E-state index contributed by atoms with van der Waals surface area (Å²) < 4.78 is 24.9. The van der Waals surface area contributed by atoms with Crippen molar-refractivity contribution in [3.63, 3.8) is 0 Å². The quantitative estimate of drug-likeness (QED) is 0.617. The number of imidazole rings is 1. The molecule has 0 spiro atoms. The molecule has 0 radical (unpaired) electrons. The highest BCUT2D eigenvalue weighted by Crippen LogP contribution is 2.31. The van der Waals surface area contributed by atoms with Crippen molar-refractivity contribution in [2.45, 2.75) is 42.6 Å². The van der Waals surface area contributed by atoms with Crippen LogP contribution in [-0.2, 0) is 21.4 Å². The SMILES string of the molecule is CCn1c(S[C@H](C(=O)NC(N)=O)C(C)C)nc2cc(S(N)(=O)=O)ccc21. The number of fused-ring (bicyclic) bond motifs is 1. The molecule has 2 aromatic rings. The number of nitrogens with one attached hydrogen (secondary N) is 1. The molecule has 0 bridgehead atoms. The van der Waals surface area contributed by atoms with Crippen LogP contribution in [-0.4, -0.2) is 35.2 Å². The number of rotatable bonds is 6. The molecule has 0 fully saturated rings. The fourth-order valence-corrected chi connectivity index (χ4v) is 4.16. The van der Waals surface area contributed by atoms with Gasteiger partial charge >= 0.3 is 6.03 Å². The maximum Gasteiger partial charge on any atom is 0.318 e. The molecule has 0 unspecified atom stereocenters. The minimum absolute atomic E-state index is 0.0332. The van der Waals surface area contributed by atoms with E-state index in [4.69, 9.17) is 10.9 Å². The standard InChI is InChI=1S/C15H21N5O4S2/c1-4-20-11-6-5-9(26(17,23)24)7-10(11)18-15(20)25-12(8(2)3)13(21)19-14(16)22/h5-8,12H,4H2,1-3H3,(H2,17,23,24)(H3,16,19,21,22)/t12-/m0/s1. The number of hydrogen-bond acceptors (Lipinski definition) is 6. The van der Waals surface area contributed by atoms with E-state index >= 15 is 0 Å². The maximum atomic E-state index is 12.2. The van der Waals surface area contributed by atoms with Crippen molar-refractivity contribution in [3.8, 4) is 0 Å². The molecule has 1 aromatic carbocycles. The maximum absolute atomic E-state index is 12.2. The Bertz CT molecular complexity index is 952. The Morgan fingerprint density at radius 3 is 2.50 bits per heavy atom. The van der Waals surface area contributed by atoms with Crippen molar-refractivity contribution < 1.29 is 18.0 Å². The topological polar surface area (TPSA) is 150 Å². The van der Waals surface area contributed by atoms with Gasteiger partial charge in [-0.2, -0.15) is 0 Å². The highest BCUT2D eigenvalue weighted by molar-refractivity contribution is 8.00. The largest absolute Gasteiger partial charge is 0.351 e. The van der Waals surface area contributed by atoms with Crippen LogP contribution in [0.2, 0.25) is 0 Å². The number of primary sulfonamides is 1. The van der Waals surface area contributed by atoms with Gasteiger partial charge in [0, 0.05) is 6.54 Å². The monoisotopic (exact) mass is 399 g/mol. The summed E-state index contributed by atoms with van der Waals surface area (Å²) in [5.74, 6) is -0.595. The van der Waals surface area contributed by atoms with Crippen molar-refractivity contribution in [3.05, 3.63) is 18.2 Å². The Morgan fingerprint density at radius 1 is 1.35 bits per heavy atom. The van der Waals surface area contributed by atoms with Crippen molar-refractivity contribution >= 4 is 44.8 Å². The lowest BCUT2D eigenvalue weighted by atomic mass is 10.1. The van der Waals surface area contributed by atoms with E-state index in [0.29, 0.717) is 17.2 Å². The number of imide groups is 1. The Kier molecular flexibility index (Phi) is 5.94. The zero-order chi connectivity index (χ0) is 19.6. The zero-order valence-electron chi connectivity index (χ0n) is 14.6. The molecule has 0 aliphatic carbocycles. The number of hydrogen-bond donors (Lipinski definition) is 3. The number of nitrogens with zero attached hydrogens (tertiary/aromatic N) is 2. The number of nitrogens with two attached hydrogens (primary N) is 2. The zero-order valence-corrected chi connectivity index (χ0v) is 16.2. The van der Waals surface area contributed by atoms with E-state index in [9.17, 15) is 18.0 Å². The minimum Gasteiger partial charge on any atom is -0.351 e. The third-order valence-corrected chi connectivity index (χ3v) is 6.12. The van der Waals surface area contributed by atoms with Crippen LogP contribution in [0.15, 0.2) is 28.3 Å². The fraction of sp³-hybridized carbons (Fsp3) is 0.400. The number of thioether (sulfide) groups is 1. The van der Waals surface area contributed by atoms with Gasteiger partial charge in [-0.1, -0.05) is 25.6 Å². The molecule has 3 amide bonds. The van der Waals surface area contributed by atoms with Crippen LogP contribution in [0.4, 0.5) is 4.79 Å². The van der Waals surface area contributed by atoms with Crippen LogP contribution in [0.3, 0.4) is 0 Å². The summed E-state index contributed by atoms with van der Waals surface area (Å²) in [5, 5.41) is 7.20. The van der Waals surface area contributed by atoms with Crippen molar-refractivity contribution in [1.29, 1.82) is 0 Å². The predicted octanol–water partition coefficient (Wildman–Crippen LogP) is 1.02. The van der Waals surface area contributed by atoms with Crippen LogP contribution in [0, 0.1) is 5.92 Å². The van der Waals surface area contributed by atoms with Gasteiger partial charge in [-0.25, -0.2) is 23.3 Å². The van der Waals surface area contributed by atoms with Crippen LogP contribution >= 0.6 is 11.8 Å². The number of carbonyl (C=O) groups excluding carboxylic acids is 2. The molecule has 1 aromatic heterocycles. The normalized spacial score (nSPS) is 13.1. The second kappa shape index (κ2) is 7.64. The second-order valence-corrected chi connectivity index (χ2v) is 8.64. The Labute approximate surface area is 155 Å². The summed E-state index contributed by atoms with van der Waals surface area (Å²) in [5.41, 5.74) is 6.21. The van der Waals surface area contributed by atoms with E-state index in [1.165, 1.54) is 23.9 Å². The number of aryl methyl sites for hydroxylation is 1. The van der Waals surface area contributed by atoms with Crippen LogP contribution in [0.25, 0.3) is 11.0 Å². The number of primary amides is 1. The van der Waals surface area contributed by atoms with Gasteiger partial charge in [0.2, 0.25) is 15.9 Å². The second-order valence-electron chi connectivity index (χ2n) is 5.97. The minimum atomic E-state index is -3.84. The van der Waals surface area contributed by atoms with Crippen LogP contribution in [0.5, 0.6) is 0 Å². The summed E-state index contributed by atoms with van der Waals surface area (Å²) in [6.45, 7) is 6.16. The highest BCUT2D eigenvalue weighted by Gasteiger charge is 2.27. The lowest BCUT2D eigenvalue weighted by molar-refractivity contribution is -0.120. The summed E-state index contributed by atoms with van der Waals surface area (Å²) in [6, 6.07) is 3.53. The van der Waals surface area contributed by atoms with Crippen molar-refractivity contribution in [2.75, 3.05) is 0 Å². The van der Waals surface area contributed by atoms with Gasteiger partial charge < -0.3 is 10.3 Å². The molecule has 0 aliphatic rings. The average Bonchev–Trinajstić information content (AvgIpc) is 2.86. The van der Waals surface area contributed by atoms with Gasteiger partial charge in [-0.15, -0.1) is 0 Å². The van der Waals surface area contributed by atoms with E-state index in [2.05, 4.69) is 10.3 Å². The number of amides is 3. The molecule has 0 saturated carbocycles. The third kappa shape index (κ3) is 4.34. The molecule has 26 heavy (non-hydrogen) atoms. The number of carbonyl (C=O) groups is 2. The first-order chi connectivity index (χ1) is 12.0. The Balaban J connectivity index is 2.47.